The number of benzene rings is 4. The van der Waals surface area contributed by atoms with Gasteiger partial charge in [-0.05, 0) is 88.9 Å². The molecular weight excluding hydrogens is 767 g/mol. The fourth-order valence-corrected chi connectivity index (χ4v) is 6.33. The Balaban J connectivity index is 0.000000334. The molecule has 5 aromatic rings. The zero-order valence-corrected chi connectivity index (χ0v) is 32.4. The maximum atomic E-state index is 11.7. The fourth-order valence-electron chi connectivity index (χ4n) is 6.33. The van der Waals surface area contributed by atoms with Crippen LogP contribution in [-0.2, 0) is 31.3 Å². The van der Waals surface area contributed by atoms with Crippen molar-refractivity contribution in [3.05, 3.63) is 114 Å². The summed E-state index contributed by atoms with van der Waals surface area (Å²) in [6.07, 6.45) is 7.94. The van der Waals surface area contributed by atoms with Crippen LogP contribution in [0.5, 0.6) is 0 Å². The van der Waals surface area contributed by atoms with Crippen molar-refractivity contribution in [2.45, 2.75) is 87.5 Å². The SMILES string of the molecule is CCC(CC)C(=O)/C=C(\O)C(CC)CC.Cc1cnc(-c2[c-]ccc(-c3cc4ccccc4c4ccccc34)c2)cc1CC(C)(C)C.[Ir]. The smallest absolute Gasteiger partial charge is 0.162 e. The van der Waals surface area contributed by atoms with E-state index in [-0.39, 0.29) is 48.9 Å². The second-order valence-electron chi connectivity index (χ2n) is 13.9. The average Bonchev–Trinajstić information content (AvgIpc) is 3.06. The molecule has 0 spiro atoms. The molecule has 4 aromatic carbocycles. The molecule has 1 radical (unpaired) electrons. The molecular formula is C44H52IrNO2-. The normalized spacial score (nSPS) is 11.8. The van der Waals surface area contributed by atoms with Crippen LogP contribution in [0.3, 0.4) is 0 Å². The minimum absolute atomic E-state index is 0. The third kappa shape index (κ3) is 9.74. The number of allylic oxidation sites excluding steroid dienone is 2. The standard InChI is InChI=1S/C31H28N.C13H24O2.Ir/c1-21-20-32-30(18-25(21)19-31(2,3)4)24-12-9-11-22(16-24)29-17-23-10-5-6-13-26(23)27-14-7-8-15-28(27)29;1-5-10(6-2)12(14)9-13(15)11(7-3)8-4;/h5-11,13-18,20H,19H2,1-4H3;9-11,14H,5-8H2,1-4H3;/q-1;;/b;12-9-;. The van der Waals surface area contributed by atoms with E-state index in [0.717, 1.165) is 43.4 Å². The number of aromatic nitrogens is 1. The molecule has 0 amide bonds. The van der Waals surface area contributed by atoms with Crippen LogP contribution in [-0.4, -0.2) is 15.9 Å². The molecule has 0 fully saturated rings. The number of pyridine rings is 1. The van der Waals surface area contributed by atoms with Crippen molar-refractivity contribution in [1.82, 2.24) is 4.98 Å². The van der Waals surface area contributed by atoms with Gasteiger partial charge in [0.15, 0.2) is 5.78 Å². The first kappa shape index (κ1) is 38.9. The number of rotatable bonds is 10. The summed E-state index contributed by atoms with van der Waals surface area (Å²) >= 11 is 0. The van der Waals surface area contributed by atoms with E-state index in [0.29, 0.717) is 0 Å². The topological polar surface area (TPSA) is 50.2 Å². The van der Waals surface area contributed by atoms with E-state index in [9.17, 15) is 9.90 Å². The first-order chi connectivity index (χ1) is 22.5. The van der Waals surface area contributed by atoms with E-state index in [4.69, 9.17) is 4.98 Å². The second-order valence-corrected chi connectivity index (χ2v) is 13.9. The van der Waals surface area contributed by atoms with E-state index < -0.39 is 0 Å². The van der Waals surface area contributed by atoms with Crippen molar-refractivity contribution in [2.24, 2.45) is 17.3 Å². The Morgan fingerprint density at radius 1 is 0.833 bits per heavy atom. The quantitative estimate of drug-likeness (QED) is 0.0661. The summed E-state index contributed by atoms with van der Waals surface area (Å²) < 4.78 is 0. The van der Waals surface area contributed by atoms with E-state index in [2.05, 4.69) is 107 Å². The predicted molar refractivity (Wildman–Crippen MR) is 201 cm³/mol. The Bertz CT molecular complexity index is 1840. The second kappa shape index (κ2) is 17.7. The number of ketones is 1. The largest absolute Gasteiger partial charge is 0.512 e. The van der Waals surface area contributed by atoms with Gasteiger partial charge in [-0.15, -0.1) is 35.4 Å². The van der Waals surface area contributed by atoms with E-state index in [1.54, 1.807) is 0 Å². The summed E-state index contributed by atoms with van der Waals surface area (Å²) in [5, 5.41) is 14.9. The molecule has 1 aromatic heterocycles. The molecule has 0 aliphatic carbocycles. The molecule has 1 N–H and O–H groups in total. The van der Waals surface area contributed by atoms with Gasteiger partial charge in [0.05, 0.1) is 5.76 Å². The van der Waals surface area contributed by atoms with Crippen LogP contribution in [0.4, 0.5) is 0 Å². The number of hydrogen-bond acceptors (Lipinski definition) is 3. The Morgan fingerprint density at radius 2 is 1.44 bits per heavy atom. The van der Waals surface area contributed by atoms with Crippen molar-refractivity contribution >= 4 is 27.3 Å². The summed E-state index contributed by atoms with van der Waals surface area (Å²) in [4.78, 5) is 16.5. The van der Waals surface area contributed by atoms with Gasteiger partial charge in [-0.2, -0.15) is 0 Å². The third-order valence-corrected chi connectivity index (χ3v) is 9.17. The number of nitrogens with zero attached hydrogens (tertiary/aromatic N) is 1. The predicted octanol–water partition coefficient (Wildman–Crippen LogP) is 12.3. The molecule has 0 aliphatic rings. The van der Waals surface area contributed by atoms with Crippen molar-refractivity contribution in [3.8, 4) is 22.4 Å². The molecule has 0 aliphatic heterocycles. The Hall–Kier alpha value is -3.59. The molecule has 5 rings (SSSR count). The Labute approximate surface area is 302 Å². The van der Waals surface area contributed by atoms with Crippen LogP contribution < -0.4 is 0 Å². The molecule has 4 heteroatoms. The Morgan fingerprint density at radius 3 is 2.06 bits per heavy atom. The molecule has 0 atom stereocenters. The zero-order chi connectivity index (χ0) is 34.1. The van der Waals surface area contributed by atoms with Gasteiger partial charge in [-0.3, -0.25) is 4.79 Å². The number of carbonyl (C=O) groups excluding carboxylic acids is 1. The van der Waals surface area contributed by atoms with Crippen molar-refractivity contribution in [1.29, 1.82) is 0 Å². The summed E-state index contributed by atoms with van der Waals surface area (Å²) in [5.74, 6) is 0.547. The van der Waals surface area contributed by atoms with E-state index in [1.807, 2.05) is 40.0 Å². The maximum Gasteiger partial charge on any atom is 0.162 e. The summed E-state index contributed by atoms with van der Waals surface area (Å²) in [6, 6.07) is 31.7. The minimum Gasteiger partial charge on any atom is -0.512 e. The number of hydrogen-bond donors (Lipinski definition) is 1. The molecule has 0 saturated carbocycles. The zero-order valence-electron chi connectivity index (χ0n) is 30.0. The number of fused-ring (bicyclic) bond motifs is 3. The molecule has 255 valence electrons. The van der Waals surface area contributed by atoms with Gasteiger partial charge in [-0.1, -0.05) is 109 Å². The van der Waals surface area contributed by atoms with Gasteiger partial charge in [0, 0.05) is 44.2 Å². The fraction of sp³-hybridized carbons (Fsp3) is 0.364. The van der Waals surface area contributed by atoms with Crippen LogP contribution in [0.25, 0.3) is 43.9 Å². The van der Waals surface area contributed by atoms with Gasteiger partial charge in [0.1, 0.15) is 0 Å². The molecule has 48 heavy (non-hydrogen) atoms. The van der Waals surface area contributed by atoms with Crippen molar-refractivity contribution in [3.63, 3.8) is 0 Å². The van der Waals surface area contributed by atoms with Crippen molar-refractivity contribution in [2.75, 3.05) is 0 Å². The number of aryl methyl sites for hydroxylation is 1. The van der Waals surface area contributed by atoms with Gasteiger partial charge < -0.3 is 10.1 Å². The Kier molecular flexibility index (Phi) is 14.3. The third-order valence-electron chi connectivity index (χ3n) is 9.17. The van der Waals surface area contributed by atoms with Gasteiger partial charge in [-0.25, -0.2) is 0 Å². The summed E-state index contributed by atoms with van der Waals surface area (Å²) in [6.45, 7) is 17.1. The molecule has 3 nitrogen and oxygen atoms in total. The molecule has 0 saturated heterocycles. The van der Waals surface area contributed by atoms with Gasteiger partial charge in [0.2, 0.25) is 0 Å². The van der Waals surface area contributed by atoms with Crippen molar-refractivity contribution < 1.29 is 30.0 Å². The van der Waals surface area contributed by atoms with E-state index >= 15 is 0 Å². The first-order valence-electron chi connectivity index (χ1n) is 17.3. The van der Waals surface area contributed by atoms with Crippen LogP contribution >= 0.6 is 0 Å². The van der Waals surface area contributed by atoms with Gasteiger partial charge >= 0.3 is 0 Å². The molecule has 0 unspecified atom stereocenters. The molecule has 0 bridgehead atoms. The monoisotopic (exact) mass is 819 g/mol. The van der Waals surface area contributed by atoms with Crippen LogP contribution in [0, 0.1) is 30.2 Å². The molecule has 1 heterocycles. The minimum atomic E-state index is 0. The maximum absolute atomic E-state index is 11.7. The van der Waals surface area contributed by atoms with Gasteiger partial charge in [0.25, 0.3) is 0 Å². The van der Waals surface area contributed by atoms with Crippen LogP contribution in [0.15, 0.2) is 96.9 Å². The van der Waals surface area contributed by atoms with Crippen LogP contribution in [0.2, 0.25) is 0 Å². The van der Waals surface area contributed by atoms with Crippen LogP contribution in [0.1, 0.15) is 85.3 Å². The number of carbonyl (C=O) groups is 1. The number of aliphatic hydroxyl groups is 1. The average molecular weight is 819 g/mol. The van der Waals surface area contributed by atoms with E-state index in [1.165, 1.54) is 49.9 Å². The number of aliphatic hydroxyl groups excluding tert-OH is 1. The summed E-state index contributed by atoms with van der Waals surface area (Å²) in [7, 11) is 0. The summed E-state index contributed by atoms with van der Waals surface area (Å²) in [5.41, 5.74) is 7.31. The first-order valence-corrected chi connectivity index (χ1v) is 17.3.